The molecule has 0 saturated carbocycles. The number of anilines is 1. The van der Waals surface area contributed by atoms with Crippen molar-refractivity contribution in [1.82, 2.24) is 14.5 Å². The van der Waals surface area contributed by atoms with Gasteiger partial charge in [-0.2, -0.15) is 0 Å². The largest absolute Gasteiger partial charge is 0.399 e. The SMILES string of the molecule is CC(CN1CCCC1)Cn1c(CO)nc2cc(N)ccc21. The summed E-state index contributed by atoms with van der Waals surface area (Å²) in [6.45, 7) is 6.66. The fraction of sp³-hybridized carbons (Fsp3) is 0.562. The van der Waals surface area contributed by atoms with Gasteiger partial charge in [0.05, 0.1) is 11.0 Å². The van der Waals surface area contributed by atoms with Gasteiger partial charge in [-0.3, -0.25) is 0 Å². The first kappa shape index (κ1) is 14.4. The Morgan fingerprint density at radius 3 is 2.76 bits per heavy atom. The van der Waals surface area contributed by atoms with E-state index in [9.17, 15) is 5.11 Å². The summed E-state index contributed by atoms with van der Waals surface area (Å²) in [5.41, 5.74) is 8.45. The van der Waals surface area contributed by atoms with Crippen molar-refractivity contribution in [2.45, 2.75) is 32.9 Å². The zero-order chi connectivity index (χ0) is 14.8. The lowest BCUT2D eigenvalue weighted by molar-refractivity contribution is 0.249. The number of aliphatic hydroxyl groups excluding tert-OH is 1. The van der Waals surface area contributed by atoms with E-state index in [1.807, 2.05) is 18.2 Å². The highest BCUT2D eigenvalue weighted by Crippen LogP contribution is 2.21. The highest BCUT2D eigenvalue weighted by atomic mass is 16.3. The Labute approximate surface area is 125 Å². The molecule has 1 unspecified atom stereocenters. The molecule has 0 radical (unpaired) electrons. The summed E-state index contributed by atoms with van der Waals surface area (Å²) in [7, 11) is 0. The number of imidazole rings is 1. The molecule has 1 aromatic heterocycles. The second-order valence-electron chi connectivity index (χ2n) is 6.16. The molecule has 1 atom stereocenters. The first-order valence-electron chi connectivity index (χ1n) is 7.75. The van der Waals surface area contributed by atoms with Gasteiger partial charge in [0.2, 0.25) is 0 Å². The topological polar surface area (TPSA) is 67.3 Å². The molecule has 5 heteroatoms. The van der Waals surface area contributed by atoms with Gasteiger partial charge in [0.15, 0.2) is 0 Å². The van der Waals surface area contributed by atoms with Gasteiger partial charge in [0.1, 0.15) is 12.4 Å². The van der Waals surface area contributed by atoms with Crippen LogP contribution in [0.5, 0.6) is 0 Å². The molecule has 1 aliphatic rings. The van der Waals surface area contributed by atoms with Crippen molar-refractivity contribution in [1.29, 1.82) is 0 Å². The zero-order valence-electron chi connectivity index (χ0n) is 12.6. The van der Waals surface area contributed by atoms with Gasteiger partial charge >= 0.3 is 0 Å². The summed E-state index contributed by atoms with van der Waals surface area (Å²) in [6.07, 6.45) is 2.64. The fourth-order valence-corrected chi connectivity index (χ4v) is 3.30. The molecule has 3 N–H and O–H groups in total. The number of benzene rings is 1. The van der Waals surface area contributed by atoms with Gasteiger partial charge in [-0.05, 0) is 50.0 Å². The van der Waals surface area contributed by atoms with Crippen LogP contribution in [0.15, 0.2) is 18.2 Å². The van der Waals surface area contributed by atoms with Crippen molar-refractivity contribution >= 4 is 16.7 Å². The van der Waals surface area contributed by atoms with Crippen molar-refractivity contribution in [2.75, 3.05) is 25.4 Å². The molecule has 0 aliphatic carbocycles. The predicted octanol–water partition coefficient (Wildman–Crippen LogP) is 1.84. The molecule has 1 aromatic carbocycles. The van der Waals surface area contributed by atoms with Crippen LogP contribution in [0.1, 0.15) is 25.6 Å². The molecule has 1 saturated heterocycles. The molecular weight excluding hydrogens is 264 g/mol. The third kappa shape index (κ3) is 3.04. The van der Waals surface area contributed by atoms with E-state index in [2.05, 4.69) is 21.4 Å². The lowest BCUT2D eigenvalue weighted by atomic mass is 10.1. The number of hydrogen-bond donors (Lipinski definition) is 2. The number of nitrogen functional groups attached to an aromatic ring is 1. The van der Waals surface area contributed by atoms with Gasteiger partial charge < -0.3 is 20.3 Å². The van der Waals surface area contributed by atoms with E-state index in [1.165, 1.54) is 25.9 Å². The number of hydrogen-bond acceptors (Lipinski definition) is 4. The minimum absolute atomic E-state index is 0.0367. The Kier molecular flexibility index (Phi) is 4.12. The number of likely N-dealkylation sites (tertiary alicyclic amines) is 1. The van der Waals surface area contributed by atoms with E-state index >= 15 is 0 Å². The van der Waals surface area contributed by atoms with Crippen LogP contribution in [0.2, 0.25) is 0 Å². The fourth-order valence-electron chi connectivity index (χ4n) is 3.30. The number of fused-ring (bicyclic) bond motifs is 1. The molecule has 2 heterocycles. The predicted molar refractivity (Wildman–Crippen MR) is 84.9 cm³/mol. The van der Waals surface area contributed by atoms with Gasteiger partial charge in [0, 0.05) is 18.8 Å². The summed E-state index contributed by atoms with van der Waals surface area (Å²) < 4.78 is 2.13. The standard InChI is InChI=1S/C16H24N4O/c1-12(9-19-6-2-3-7-19)10-20-15-5-4-13(17)8-14(15)18-16(20)11-21/h4-5,8,12,21H,2-3,6-7,9-11,17H2,1H3. The Morgan fingerprint density at radius 2 is 2.05 bits per heavy atom. The summed E-state index contributed by atoms with van der Waals surface area (Å²) in [5, 5.41) is 9.56. The Bertz CT molecular complexity index is 616. The van der Waals surface area contributed by atoms with Crippen LogP contribution in [-0.4, -0.2) is 39.2 Å². The summed E-state index contributed by atoms with van der Waals surface area (Å²) in [6, 6.07) is 5.77. The van der Waals surface area contributed by atoms with E-state index in [1.54, 1.807) is 0 Å². The second kappa shape index (κ2) is 6.03. The van der Waals surface area contributed by atoms with E-state index in [0.29, 0.717) is 11.6 Å². The summed E-state index contributed by atoms with van der Waals surface area (Å²) >= 11 is 0. The Morgan fingerprint density at radius 1 is 1.29 bits per heavy atom. The van der Waals surface area contributed by atoms with Crippen LogP contribution in [0.3, 0.4) is 0 Å². The van der Waals surface area contributed by atoms with Crippen LogP contribution in [0.4, 0.5) is 5.69 Å². The van der Waals surface area contributed by atoms with E-state index in [0.717, 1.165) is 29.9 Å². The third-order valence-corrected chi connectivity index (χ3v) is 4.26. The maximum absolute atomic E-state index is 9.56. The Balaban J connectivity index is 1.81. The molecule has 1 aliphatic heterocycles. The van der Waals surface area contributed by atoms with Gasteiger partial charge in [0.25, 0.3) is 0 Å². The molecule has 0 bridgehead atoms. The van der Waals surface area contributed by atoms with Crippen molar-refractivity contribution in [3.8, 4) is 0 Å². The second-order valence-corrected chi connectivity index (χ2v) is 6.16. The number of aliphatic hydroxyl groups is 1. The van der Waals surface area contributed by atoms with Gasteiger partial charge in [-0.1, -0.05) is 6.92 Å². The van der Waals surface area contributed by atoms with E-state index < -0.39 is 0 Å². The highest BCUT2D eigenvalue weighted by Gasteiger charge is 2.17. The normalized spacial score (nSPS) is 17.6. The maximum Gasteiger partial charge on any atom is 0.135 e. The number of aromatic nitrogens is 2. The molecule has 114 valence electrons. The van der Waals surface area contributed by atoms with Crippen molar-refractivity contribution in [3.05, 3.63) is 24.0 Å². The van der Waals surface area contributed by atoms with Crippen LogP contribution < -0.4 is 5.73 Å². The van der Waals surface area contributed by atoms with Crippen LogP contribution in [-0.2, 0) is 13.2 Å². The monoisotopic (exact) mass is 288 g/mol. The zero-order valence-corrected chi connectivity index (χ0v) is 12.6. The summed E-state index contributed by atoms with van der Waals surface area (Å²) in [4.78, 5) is 7.02. The van der Waals surface area contributed by atoms with E-state index in [-0.39, 0.29) is 6.61 Å². The van der Waals surface area contributed by atoms with Crippen LogP contribution >= 0.6 is 0 Å². The molecule has 2 aromatic rings. The van der Waals surface area contributed by atoms with Crippen molar-refractivity contribution in [3.63, 3.8) is 0 Å². The summed E-state index contributed by atoms with van der Waals surface area (Å²) in [5.74, 6) is 1.26. The smallest absolute Gasteiger partial charge is 0.135 e. The molecular formula is C16H24N4O. The van der Waals surface area contributed by atoms with Crippen molar-refractivity contribution in [2.24, 2.45) is 5.92 Å². The molecule has 0 amide bonds. The van der Waals surface area contributed by atoms with Crippen LogP contribution in [0.25, 0.3) is 11.0 Å². The minimum atomic E-state index is -0.0367. The highest BCUT2D eigenvalue weighted by molar-refractivity contribution is 5.79. The average molecular weight is 288 g/mol. The minimum Gasteiger partial charge on any atom is -0.399 e. The molecule has 0 spiro atoms. The Hall–Kier alpha value is -1.59. The third-order valence-electron chi connectivity index (χ3n) is 4.26. The molecule has 21 heavy (non-hydrogen) atoms. The average Bonchev–Trinajstić information content (AvgIpc) is 3.06. The number of rotatable bonds is 5. The lowest BCUT2D eigenvalue weighted by Crippen LogP contribution is -2.28. The maximum atomic E-state index is 9.56. The van der Waals surface area contributed by atoms with Crippen LogP contribution in [0, 0.1) is 5.92 Å². The molecule has 5 nitrogen and oxygen atoms in total. The number of nitrogens with two attached hydrogens (primary N) is 1. The first-order chi connectivity index (χ1) is 10.2. The van der Waals surface area contributed by atoms with Gasteiger partial charge in [-0.25, -0.2) is 4.98 Å². The van der Waals surface area contributed by atoms with E-state index in [4.69, 9.17) is 5.73 Å². The molecule has 1 fully saturated rings. The van der Waals surface area contributed by atoms with Crippen molar-refractivity contribution < 1.29 is 5.11 Å². The molecule has 3 rings (SSSR count). The lowest BCUT2D eigenvalue weighted by Gasteiger charge is -2.21. The first-order valence-corrected chi connectivity index (χ1v) is 7.75. The quantitative estimate of drug-likeness (QED) is 0.824. The number of nitrogens with zero attached hydrogens (tertiary/aromatic N) is 3. The van der Waals surface area contributed by atoms with Gasteiger partial charge in [-0.15, -0.1) is 0 Å².